The largest absolute Gasteiger partial charge is 0.469 e. The number of nitrogens with two attached hydrogens (primary N) is 1. The molecule has 19 nitrogen and oxygen atoms in total. The Kier molecular flexibility index (Phi) is 17.6. The number of rotatable bonds is 22. The minimum atomic E-state index is -5.10. The van der Waals surface area contributed by atoms with Gasteiger partial charge in [0.25, 0.3) is 0 Å². The van der Waals surface area contributed by atoms with Crippen LogP contribution < -0.4 is 27.0 Å². The van der Waals surface area contributed by atoms with Crippen molar-refractivity contribution in [2.24, 2.45) is 11.7 Å². The Bertz CT molecular complexity index is 1470. The first-order valence-electron chi connectivity index (χ1n) is 17.1. The molecule has 292 valence electrons. The van der Waals surface area contributed by atoms with Crippen molar-refractivity contribution < 1.29 is 52.7 Å². The first-order valence-corrected chi connectivity index (χ1v) is 18.6. The van der Waals surface area contributed by atoms with Gasteiger partial charge in [-0.2, -0.15) is 0 Å². The number of primary amides is 1. The van der Waals surface area contributed by atoms with Crippen LogP contribution in [0, 0.1) is 5.92 Å². The highest BCUT2D eigenvalue weighted by Crippen LogP contribution is 2.38. The number of likely N-dealkylation sites (tertiary alicyclic amines) is 1. The first-order chi connectivity index (χ1) is 24.4. The molecule has 1 aromatic heterocycles. The third-order valence-electron chi connectivity index (χ3n) is 8.39. The summed E-state index contributed by atoms with van der Waals surface area (Å²) in [7, 11) is -5.10. The van der Waals surface area contributed by atoms with Crippen molar-refractivity contribution >= 4 is 43.3 Å². The molecular weight excluding hydrogens is 703 g/mol. The summed E-state index contributed by atoms with van der Waals surface area (Å²) in [5.41, 5.74) is 5.85. The summed E-state index contributed by atoms with van der Waals surface area (Å²) in [4.78, 5) is 102. The van der Waals surface area contributed by atoms with Crippen molar-refractivity contribution in [3.63, 3.8) is 0 Å². The van der Waals surface area contributed by atoms with E-state index in [1.54, 1.807) is 17.0 Å². The van der Waals surface area contributed by atoms with Crippen LogP contribution in [-0.2, 0) is 50.8 Å². The second-order valence-electron chi connectivity index (χ2n) is 13.1. The molecule has 20 heteroatoms. The van der Waals surface area contributed by atoms with E-state index < -0.39 is 80.3 Å². The fourth-order valence-corrected chi connectivity index (χ4v) is 6.34. The Morgan fingerprint density at radius 2 is 1.67 bits per heavy atom. The Hall–Kier alpha value is -4.16. The summed E-state index contributed by atoms with van der Waals surface area (Å²) in [6.45, 7) is 9.80. The predicted octanol–water partition coefficient (Wildman–Crippen LogP) is -1.25. The fraction of sp³-hybridized carbons (Fsp3) is 0.656. The van der Waals surface area contributed by atoms with E-state index in [1.165, 1.54) is 18.0 Å². The molecule has 1 fully saturated rings. The lowest BCUT2D eigenvalue weighted by Gasteiger charge is -2.28. The summed E-state index contributed by atoms with van der Waals surface area (Å²) in [5.74, 6) is -4.86. The lowest BCUT2D eigenvalue weighted by Crippen LogP contribution is -2.61. The third kappa shape index (κ3) is 14.1. The summed E-state index contributed by atoms with van der Waals surface area (Å²) >= 11 is 0. The van der Waals surface area contributed by atoms with Gasteiger partial charge in [-0.05, 0) is 51.4 Å². The van der Waals surface area contributed by atoms with Crippen LogP contribution in [0.1, 0.15) is 71.9 Å². The Morgan fingerprint density at radius 1 is 1.04 bits per heavy atom. The lowest BCUT2D eigenvalue weighted by molar-refractivity contribution is -0.139. The van der Waals surface area contributed by atoms with Crippen LogP contribution in [0.15, 0.2) is 25.2 Å². The molecule has 0 spiro atoms. The van der Waals surface area contributed by atoms with Crippen LogP contribution in [-0.4, -0.2) is 114 Å². The standard InChI is InChI=1S/C32H53N8O11P/c1-6-7-8-9-12-39-18-34-16-22(39)15-24(30(45)37-25(17-41)31(46)38-27(28(33)43)20(4)51-52(48,49)50)35-29(44)23(14-19(2)3)36-32(47)26-11-10-13-40(26)21(5)42/h6,16,18-20,23-27,41H,1,7-15,17H2,2-5H3,(H2,33,43)(H,35,44)(H,36,47)(H,37,45)(H,38,46)(H2,48,49,50). The summed E-state index contributed by atoms with van der Waals surface area (Å²) in [6, 6.07) is -6.72. The molecule has 0 aliphatic carbocycles. The van der Waals surface area contributed by atoms with Crippen LogP contribution in [0.5, 0.6) is 0 Å². The van der Waals surface area contributed by atoms with Gasteiger partial charge in [0.1, 0.15) is 30.2 Å². The van der Waals surface area contributed by atoms with Gasteiger partial charge in [-0.1, -0.05) is 19.9 Å². The number of phosphoric ester groups is 1. The molecule has 9 N–H and O–H groups in total. The molecule has 0 aromatic carbocycles. The number of carbonyl (C=O) groups excluding carboxylic acids is 6. The number of allylic oxidation sites excluding steroid dienone is 1. The van der Waals surface area contributed by atoms with Crippen molar-refractivity contribution in [2.45, 2.75) is 115 Å². The molecule has 6 unspecified atom stereocenters. The molecule has 0 radical (unpaired) electrons. The second-order valence-corrected chi connectivity index (χ2v) is 14.3. The topological polar surface area (TPSA) is 285 Å². The van der Waals surface area contributed by atoms with E-state index in [-0.39, 0.29) is 24.7 Å². The molecule has 2 rings (SSSR count). The Balaban J connectivity index is 2.36. The van der Waals surface area contributed by atoms with Gasteiger partial charge < -0.3 is 51.4 Å². The monoisotopic (exact) mass is 756 g/mol. The summed E-state index contributed by atoms with van der Waals surface area (Å²) in [6.07, 6.45) is 6.79. The maximum atomic E-state index is 13.8. The van der Waals surface area contributed by atoms with Gasteiger partial charge >= 0.3 is 7.82 Å². The number of aliphatic hydroxyl groups excluding tert-OH is 1. The molecule has 1 aromatic rings. The molecule has 0 saturated carbocycles. The summed E-state index contributed by atoms with van der Waals surface area (Å²) < 4.78 is 17.6. The van der Waals surface area contributed by atoms with Crippen LogP contribution in [0.3, 0.4) is 0 Å². The smallest absolute Gasteiger partial charge is 0.394 e. The zero-order chi connectivity index (χ0) is 39.2. The minimum absolute atomic E-state index is 0.0783. The van der Waals surface area contributed by atoms with Crippen molar-refractivity contribution in [3.05, 3.63) is 30.9 Å². The number of aryl methyl sites for hydroxylation is 1. The number of amides is 6. The van der Waals surface area contributed by atoms with Gasteiger partial charge in [-0.15, -0.1) is 6.58 Å². The number of imidazole rings is 1. The predicted molar refractivity (Wildman–Crippen MR) is 186 cm³/mol. The van der Waals surface area contributed by atoms with Crippen molar-refractivity contribution in [1.29, 1.82) is 0 Å². The van der Waals surface area contributed by atoms with E-state index in [9.17, 15) is 38.4 Å². The van der Waals surface area contributed by atoms with Crippen molar-refractivity contribution in [2.75, 3.05) is 13.2 Å². The van der Waals surface area contributed by atoms with Gasteiger partial charge in [0.15, 0.2) is 0 Å². The number of aliphatic hydroxyl groups is 1. The zero-order valence-corrected chi connectivity index (χ0v) is 30.9. The van der Waals surface area contributed by atoms with Gasteiger partial charge in [0.05, 0.1) is 19.0 Å². The average molecular weight is 757 g/mol. The zero-order valence-electron chi connectivity index (χ0n) is 30.0. The van der Waals surface area contributed by atoms with E-state index in [0.29, 0.717) is 31.6 Å². The number of aromatic nitrogens is 2. The number of phosphoric acid groups is 1. The molecule has 1 aliphatic rings. The molecule has 6 atom stereocenters. The van der Waals surface area contributed by atoms with Gasteiger partial charge in [-0.3, -0.25) is 33.3 Å². The van der Waals surface area contributed by atoms with Crippen LogP contribution in [0.4, 0.5) is 0 Å². The molecule has 6 amide bonds. The maximum absolute atomic E-state index is 13.8. The maximum Gasteiger partial charge on any atom is 0.469 e. The normalized spacial score (nSPS) is 17.4. The van der Waals surface area contributed by atoms with Crippen LogP contribution in [0.2, 0.25) is 0 Å². The first kappa shape index (κ1) is 44.0. The molecule has 1 saturated heterocycles. The molecule has 52 heavy (non-hydrogen) atoms. The van der Waals surface area contributed by atoms with E-state index in [0.717, 1.165) is 26.2 Å². The number of nitrogens with one attached hydrogen (secondary N) is 4. The van der Waals surface area contributed by atoms with E-state index >= 15 is 0 Å². The van der Waals surface area contributed by atoms with E-state index in [1.807, 2.05) is 13.8 Å². The highest BCUT2D eigenvalue weighted by atomic mass is 31.2. The number of hydrogen-bond donors (Lipinski definition) is 8. The highest BCUT2D eigenvalue weighted by molar-refractivity contribution is 7.46. The van der Waals surface area contributed by atoms with Gasteiger partial charge in [0, 0.05) is 38.3 Å². The number of nitrogens with zero attached hydrogens (tertiary/aromatic N) is 3. The van der Waals surface area contributed by atoms with Gasteiger partial charge in [0.2, 0.25) is 35.4 Å². The van der Waals surface area contributed by atoms with Gasteiger partial charge in [-0.25, -0.2) is 9.55 Å². The highest BCUT2D eigenvalue weighted by Gasteiger charge is 2.37. The van der Waals surface area contributed by atoms with Crippen molar-refractivity contribution in [1.82, 2.24) is 35.7 Å². The number of unbranched alkanes of at least 4 members (excludes halogenated alkanes) is 2. The molecular formula is C32H53N8O11P. The van der Waals surface area contributed by atoms with E-state index in [4.69, 9.17) is 15.5 Å². The minimum Gasteiger partial charge on any atom is -0.394 e. The Morgan fingerprint density at radius 3 is 2.25 bits per heavy atom. The van der Waals surface area contributed by atoms with Crippen molar-refractivity contribution in [3.8, 4) is 0 Å². The Labute approximate surface area is 302 Å². The summed E-state index contributed by atoms with van der Waals surface area (Å²) in [5, 5.41) is 19.9. The fourth-order valence-electron chi connectivity index (χ4n) is 5.79. The molecule has 1 aliphatic heterocycles. The number of carbonyl (C=O) groups is 6. The second kappa shape index (κ2) is 20.8. The molecule has 2 heterocycles. The van der Waals surface area contributed by atoms with Crippen LogP contribution >= 0.6 is 7.82 Å². The number of hydrogen-bond acceptors (Lipinski definition) is 10. The SMILES string of the molecule is C=CCCCCn1cncc1CC(NC(=O)C(CC(C)C)NC(=O)C1CCCN1C(C)=O)C(=O)NC(CO)C(=O)NC(C(N)=O)C(C)OP(=O)(O)O. The third-order valence-corrected chi connectivity index (χ3v) is 9.00. The van der Waals surface area contributed by atoms with Crippen LogP contribution in [0.25, 0.3) is 0 Å². The van der Waals surface area contributed by atoms with E-state index in [2.05, 4.69) is 37.4 Å². The lowest BCUT2D eigenvalue weighted by atomic mass is 10.0. The quantitative estimate of drug-likeness (QED) is 0.0392. The molecule has 0 bridgehead atoms. The average Bonchev–Trinajstić information content (AvgIpc) is 3.72.